The van der Waals surface area contributed by atoms with Crippen molar-refractivity contribution in [1.29, 1.82) is 0 Å². The molecule has 3 fully saturated rings. The molecule has 2 N–H and O–H groups in total. The van der Waals surface area contributed by atoms with Crippen LogP contribution >= 0.6 is 0 Å². The molecule has 3 aliphatic rings. The molecule has 1 aliphatic heterocycles. The number of fused-ring (bicyclic) bond motifs is 1. The van der Waals surface area contributed by atoms with Gasteiger partial charge in [0.1, 0.15) is 0 Å². The molecule has 1 saturated heterocycles. The van der Waals surface area contributed by atoms with E-state index in [1.165, 1.54) is 30.8 Å². The van der Waals surface area contributed by atoms with Crippen molar-refractivity contribution in [2.45, 2.75) is 50.9 Å². The molecule has 5 rings (SSSR count). The van der Waals surface area contributed by atoms with Crippen LogP contribution in [0.5, 0.6) is 5.75 Å². The minimum absolute atomic E-state index is 0.0719. The van der Waals surface area contributed by atoms with Crippen LogP contribution in [-0.4, -0.2) is 64.8 Å². The molecule has 7 nitrogen and oxygen atoms in total. The van der Waals surface area contributed by atoms with Crippen molar-refractivity contribution >= 4 is 5.82 Å². The fourth-order valence-electron chi connectivity index (χ4n) is 5.57. The van der Waals surface area contributed by atoms with E-state index in [1.54, 1.807) is 0 Å². The van der Waals surface area contributed by atoms with Gasteiger partial charge in [-0.15, -0.1) is 0 Å². The van der Waals surface area contributed by atoms with Crippen LogP contribution in [0.4, 0.5) is 19.0 Å². The maximum absolute atomic E-state index is 12.6. The van der Waals surface area contributed by atoms with Crippen LogP contribution < -0.4 is 10.5 Å². The summed E-state index contributed by atoms with van der Waals surface area (Å²) in [6.07, 6.45) is -0.508. The van der Waals surface area contributed by atoms with Gasteiger partial charge >= 0.3 is 6.18 Å². The van der Waals surface area contributed by atoms with E-state index in [-0.39, 0.29) is 17.6 Å². The maximum Gasteiger partial charge on any atom is 0.422 e. The SMILES string of the molecule is CC(C)n1nc(-c2cnc(N)c(OCC(F)(F)F)c2)cc1[C@H]1[C@@H]2C[C@@H](N3CCOCC3)C[C@@H]21. The number of halogens is 3. The Morgan fingerprint density at radius 1 is 1.18 bits per heavy atom. The molecule has 0 aromatic carbocycles. The molecular formula is C23H30F3N5O2. The number of hydrogen-bond acceptors (Lipinski definition) is 6. The van der Waals surface area contributed by atoms with Gasteiger partial charge in [0.2, 0.25) is 0 Å². The first-order valence-corrected chi connectivity index (χ1v) is 11.6. The Kier molecular flexibility index (Phi) is 5.76. The smallest absolute Gasteiger partial charge is 0.422 e. The lowest BCUT2D eigenvalue weighted by Crippen LogP contribution is -2.43. The van der Waals surface area contributed by atoms with E-state index >= 15 is 0 Å². The fraction of sp³-hybridized carbons (Fsp3) is 0.652. The Morgan fingerprint density at radius 3 is 2.52 bits per heavy atom. The highest BCUT2D eigenvalue weighted by Crippen LogP contribution is 2.64. The summed E-state index contributed by atoms with van der Waals surface area (Å²) in [6.45, 7) is 6.45. The molecule has 3 heterocycles. The van der Waals surface area contributed by atoms with Crippen molar-refractivity contribution < 1.29 is 22.6 Å². The Labute approximate surface area is 191 Å². The summed E-state index contributed by atoms with van der Waals surface area (Å²) in [5.74, 6) is 1.65. The number of hydrogen-bond donors (Lipinski definition) is 1. The summed E-state index contributed by atoms with van der Waals surface area (Å²) in [5, 5.41) is 4.79. The summed E-state index contributed by atoms with van der Waals surface area (Å²) in [4.78, 5) is 6.61. The zero-order valence-electron chi connectivity index (χ0n) is 18.9. The highest BCUT2D eigenvalue weighted by Gasteiger charge is 2.58. The van der Waals surface area contributed by atoms with Crippen LogP contribution in [0.3, 0.4) is 0 Å². The van der Waals surface area contributed by atoms with E-state index in [2.05, 4.69) is 34.5 Å². The van der Waals surface area contributed by atoms with Crippen molar-refractivity contribution in [2.24, 2.45) is 11.8 Å². The van der Waals surface area contributed by atoms with E-state index in [0.717, 1.165) is 26.3 Å². The molecule has 33 heavy (non-hydrogen) atoms. The number of nitrogens with zero attached hydrogens (tertiary/aromatic N) is 4. The molecule has 2 aromatic heterocycles. The highest BCUT2D eigenvalue weighted by atomic mass is 19.4. The third-order valence-electron chi connectivity index (χ3n) is 7.15. The predicted octanol–water partition coefficient (Wildman–Crippen LogP) is 3.87. The van der Waals surface area contributed by atoms with Gasteiger partial charge in [0.15, 0.2) is 18.2 Å². The molecule has 2 aliphatic carbocycles. The molecule has 4 atom stereocenters. The van der Waals surface area contributed by atoms with E-state index in [1.807, 2.05) is 0 Å². The summed E-state index contributed by atoms with van der Waals surface area (Å²) >= 11 is 0. The van der Waals surface area contributed by atoms with Gasteiger partial charge in [-0.3, -0.25) is 9.58 Å². The Morgan fingerprint density at radius 2 is 1.88 bits per heavy atom. The molecule has 0 bridgehead atoms. The number of rotatable bonds is 6. The summed E-state index contributed by atoms with van der Waals surface area (Å²) in [5.41, 5.74) is 8.21. The monoisotopic (exact) mass is 465 g/mol. The second-order valence-electron chi connectivity index (χ2n) is 9.63. The first-order valence-electron chi connectivity index (χ1n) is 11.6. The predicted molar refractivity (Wildman–Crippen MR) is 117 cm³/mol. The molecule has 2 aromatic rings. The highest BCUT2D eigenvalue weighted by molar-refractivity contribution is 5.64. The third kappa shape index (κ3) is 4.55. The van der Waals surface area contributed by atoms with Gasteiger partial charge in [-0.1, -0.05) is 0 Å². The molecule has 0 amide bonds. The summed E-state index contributed by atoms with van der Waals surface area (Å²) < 4.78 is 50.2. The molecule has 2 saturated carbocycles. The second kappa shape index (κ2) is 8.47. The number of anilines is 1. The average molecular weight is 466 g/mol. The third-order valence-corrected chi connectivity index (χ3v) is 7.15. The summed E-state index contributed by atoms with van der Waals surface area (Å²) in [7, 11) is 0. The van der Waals surface area contributed by atoms with Crippen molar-refractivity contribution in [3.63, 3.8) is 0 Å². The van der Waals surface area contributed by atoms with E-state index in [0.29, 0.717) is 35.1 Å². The topological polar surface area (TPSA) is 78.4 Å². The molecule has 0 spiro atoms. The molecule has 180 valence electrons. The van der Waals surface area contributed by atoms with Gasteiger partial charge < -0.3 is 15.2 Å². The number of morpholine rings is 1. The van der Waals surface area contributed by atoms with Gasteiger partial charge in [-0.05, 0) is 50.7 Å². The lowest BCUT2D eigenvalue weighted by Gasteiger charge is -2.33. The lowest BCUT2D eigenvalue weighted by atomic mass is 10.0. The second-order valence-corrected chi connectivity index (χ2v) is 9.63. The van der Waals surface area contributed by atoms with Crippen LogP contribution in [0.2, 0.25) is 0 Å². The minimum Gasteiger partial charge on any atom is -0.480 e. The molecular weight excluding hydrogens is 435 g/mol. The van der Waals surface area contributed by atoms with E-state index < -0.39 is 12.8 Å². The first kappa shape index (κ1) is 22.5. The van der Waals surface area contributed by atoms with Crippen LogP contribution in [0, 0.1) is 11.8 Å². The number of nitrogens with two attached hydrogens (primary N) is 1. The van der Waals surface area contributed by atoms with Gasteiger partial charge in [0.25, 0.3) is 0 Å². The first-order chi connectivity index (χ1) is 15.7. The zero-order chi connectivity index (χ0) is 23.3. The number of aromatic nitrogens is 3. The van der Waals surface area contributed by atoms with Crippen molar-refractivity contribution in [1.82, 2.24) is 19.7 Å². The Hall–Kier alpha value is -2.33. The van der Waals surface area contributed by atoms with Crippen molar-refractivity contribution in [3.05, 3.63) is 24.0 Å². The van der Waals surface area contributed by atoms with Gasteiger partial charge in [-0.25, -0.2) is 4.98 Å². The average Bonchev–Trinajstić information content (AvgIpc) is 3.13. The zero-order valence-corrected chi connectivity index (χ0v) is 18.9. The van der Waals surface area contributed by atoms with Gasteiger partial charge in [0.05, 0.1) is 18.9 Å². The molecule has 0 radical (unpaired) electrons. The molecule has 10 heteroatoms. The molecule has 0 unspecified atom stereocenters. The quantitative estimate of drug-likeness (QED) is 0.698. The van der Waals surface area contributed by atoms with Crippen LogP contribution in [0.25, 0.3) is 11.3 Å². The van der Waals surface area contributed by atoms with Gasteiger partial charge in [-0.2, -0.15) is 18.3 Å². The minimum atomic E-state index is -4.45. The summed E-state index contributed by atoms with van der Waals surface area (Å²) in [6, 6.07) is 4.37. The number of pyridine rings is 1. The Bertz CT molecular complexity index is 990. The maximum atomic E-state index is 12.6. The van der Waals surface area contributed by atoms with Crippen molar-refractivity contribution in [3.8, 4) is 17.0 Å². The van der Waals surface area contributed by atoms with E-state index in [9.17, 15) is 13.2 Å². The van der Waals surface area contributed by atoms with Crippen LogP contribution in [-0.2, 0) is 4.74 Å². The number of alkyl halides is 3. The number of ether oxygens (including phenoxy) is 2. The standard InChI is InChI=1S/C23H30F3N5O2/c1-13(2)31-19(21-16-8-15(9-17(16)21)30-3-5-32-6-4-30)10-18(29-31)14-7-20(22(27)28-11-14)33-12-23(24,25)26/h7,10-11,13,15-17,21H,3-6,8-9,12H2,1-2H3,(H2,27,28)/t15-,16-,17+,21+. The lowest BCUT2D eigenvalue weighted by molar-refractivity contribution is -0.153. The number of nitrogen functional groups attached to an aromatic ring is 1. The fourth-order valence-corrected chi connectivity index (χ4v) is 5.57. The normalized spacial score (nSPS) is 27.7. The largest absolute Gasteiger partial charge is 0.480 e. The van der Waals surface area contributed by atoms with Crippen LogP contribution in [0.15, 0.2) is 18.3 Å². The van der Waals surface area contributed by atoms with Gasteiger partial charge in [0, 0.05) is 48.5 Å². The van der Waals surface area contributed by atoms with Crippen LogP contribution in [0.1, 0.15) is 44.3 Å². The van der Waals surface area contributed by atoms with E-state index in [4.69, 9.17) is 20.3 Å². The van der Waals surface area contributed by atoms with Crippen molar-refractivity contribution in [2.75, 3.05) is 38.6 Å². The Balaban J connectivity index is 1.34.